The van der Waals surface area contributed by atoms with Crippen LogP contribution in [0.1, 0.15) is 13.3 Å². The number of H-pyrrole nitrogens is 1. The normalized spacial score (nSPS) is 12.3. The Kier molecular flexibility index (Phi) is 4.30. The zero-order chi connectivity index (χ0) is 17.3. The Balaban J connectivity index is 1.98. The Hall–Kier alpha value is -2.74. The molecule has 9 heteroatoms. The van der Waals surface area contributed by atoms with Crippen LogP contribution in [-0.4, -0.2) is 37.1 Å². The second kappa shape index (κ2) is 6.40. The Morgan fingerprint density at radius 1 is 1.46 bits per heavy atom. The van der Waals surface area contributed by atoms with E-state index >= 15 is 0 Å². The second-order valence-electron chi connectivity index (χ2n) is 5.29. The smallest absolute Gasteiger partial charge is 0.305 e. The summed E-state index contributed by atoms with van der Waals surface area (Å²) in [6, 6.07) is 1.22. The molecule has 3 rings (SSSR count). The summed E-state index contributed by atoms with van der Waals surface area (Å²) in [7, 11) is 0. The number of aromatic amines is 1. The number of aliphatic carboxylic acids is 1. The van der Waals surface area contributed by atoms with E-state index in [1.165, 1.54) is 6.20 Å². The number of nitrogens with zero attached hydrogens (tertiary/aromatic N) is 3. The molecule has 0 aromatic carbocycles. The number of carboxylic acid groups (broad SMARTS) is 1. The molecule has 3 heterocycles. The summed E-state index contributed by atoms with van der Waals surface area (Å²) in [5.74, 6) is -1.43. The van der Waals surface area contributed by atoms with Crippen LogP contribution in [0.15, 0.2) is 24.7 Å². The van der Waals surface area contributed by atoms with Crippen LogP contribution in [0.5, 0.6) is 0 Å². The third kappa shape index (κ3) is 3.28. The molecule has 124 valence electrons. The van der Waals surface area contributed by atoms with Crippen molar-refractivity contribution in [1.82, 2.24) is 19.9 Å². The highest BCUT2D eigenvalue weighted by atomic mass is 35.5. The van der Waals surface area contributed by atoms with Gasteiger partial charge in [-0.3, -0.25) is 4.79 Å². The summed E-state index contributed by atoms with van der Waals surface area (Å²) < 4.78 is 13.9. The molecule has 3 N–H and O–H groups in total. The predicted molar refractivity (Wildman–Crippen MR) is 87.4 cm³/mol. The number of halogens is 2. The highest BCUT2D eigenvalue weighted by Gasteiger charge is 2.15. The van der Waals surface area contributed by atoms with E-state index in [-0.39, 0.29) is 18.1 Å². The molecule has 0 bridgehead atoms. The van der Waals surface area contributed by atoms with Gasteiger partial charge in [0.2, 0.25) is 0 Å². The molecule has 3 aromatic heterocycles. The summed E-state index contributed by atoms with van der Waals surface area (Å²) in [6.45, 7) is 1.63. The summed E-state index contributed by atoms with van der Waals surface area (Å²) in [5.41, 5.74) is 1.23. The lowest BCUT2D eigenvalue weighted by Crippen LogP contribution is -2.21. The van der Waals surface area contributed by atoms with Crippen LogP contribution in [0.4, 0.5) is 10.2 Å². The molecule has 0 fully saturated rings. The van der Waals surface area contributed by atoms with Gasteiger partial charge in [-0.15, -0.1) is 0 Å². The van der Waals surface area contributed by atoms with Crippen molar-refractivity contribution in [3.05, 3.63) is 35.5 Å². The van der Waals surface area contributed by atoms with Crippen molar-refractivity contribution in [1.29, 1.82) is 0 Å². The van der Waals surface area contributed by atoms with E-state index in [9.17, 15) is 9.18 Å². The van der Waals surface area contributed by atoms with Gasteiger partial charge in [0.05, 0.1) is 17.6 Å². The Labute approximate surface area is 140 Å². The molecule has 0 unspecified atom stereocenters. The van der Waals surface area contributed by atoms with Crippen LogP contribution in [0, 0.1) is 5.82 Å². The standard InChI is InChI=1S/C15H13ClFN5O2/c1-7(2-12(23)24)21-15-11(17)6-20-14(22-15)10-5-19-13-9(10)3-8(16)4-18-13/h3-7H,2H2,1H3,(H,18,19)(H,23,24)(H,20,21,22)/t7-/m0/s1. The average molecular weight is 350 g/mol. The van der Waals surface area contributed by atoms with E-state index in [0.717, 1.165) is 6.20 Å². The van der Waals surface area contributed by atoms with Crippen LogP contribution >= 0.6 is 11.6 Å². The molecule has 0 aliphatic carbocycles. The first-order valence-corrected chi connectivity index (χ1v) is 7.45. The highest BCUT2D eigenvalue weighted by Crippen LogP contribution is 2.28. The number of fused-ring (bicyclic) bond motifs is 1. The second-order valence-corrected chi connectivity index (χ2v) is 5.72. The molecule has 0 saturated carbocycles. The third-order valence-corrected chi connectivity index (χ3v) is 3.55. The molecule has 0 amide bonds. The maximum atomic E-state index is 13.9. The van der Waals surface area contributed by atoms with Crippen molar-refractivity contribution in [2.45, 2.75) is 19.4 Å². The third-order valence-electron chi connectivity index (χ3n) is 3.35. The summed E-state index contributed by atoms with van der Waals surface area (Å²) in [5, 5.41) is 12.7. The lowest BCUT2D eigenvalue weighted by Gasteiger charge is -2.13. The number of carbonyl (C=O) groups is 1. The fourth-order valence-corrected chi connectivity index (χ4v) is 2.47. The van der Waals surface area contributed by atoms with Crippen LogP contribution in [0.3, 0.4) is 0 Å². The molecule has 0 aliphatic heterocycles. The van der Waals surface area contributed by atoms with Crippen LogP contribution in [-0.2, 0) is 4.79 Å². The maximum absolute atomic E-state index is 13.9. The van der Waals surface area contributed by atoms with Gasteiger partial charge >= 0.3 is 5.97 Å². The molecule has 3 aromatic rings. The zero-order valence-corrected chi connectivity index (χ0v) is 13.3. The average Bonchev–Trinajstić information content (AvgIpc) is 2.91. The van der Waals surface area contributed by atoms with Gasteiger partial charge in [-0.1, -0.05) is 11.6 Å². The minimum absolute atomic E-state index is 0.0573. The zero-order valence-electron chi connectivity index (χ0n) is 12.5. The lowest BCUT2D eigenvalue weighted by molar-refractivity contribution is -0.137. The van der Waals surface area contributed by atoms with Gasteiger partial charge in [-0.05, 0) is 13.0 Å². The van der Waals surface area contributed by atoms with Crippen molar-refractivity contribution in [2.24, 2.45) is 0 Å². The number of carboxylic acids is 1. The molecule has 7 nitrogen and oxygen atoms in total. The van der Waals surface area contributed by atoms with Gasteiger partial charge in [0, 0.05) is 29.4 Å². The van der Waals surface area contributed by atoms with Gasteiger partial charge in [0.1, 0.15) is 5.65 Å². The summed E-state index contributed by atoms with van der Waals surface area (Å²) in [6.07, 6.45) is 4.04. The molecule has 0 aliphatic rings. The van der Waals surface area contributed by atoms with Crippen molar-refractivity contribution < 1.29 is 14.3 Å². The molecule has 0 saturated heterocycles. The number of hydrogen-bond donors (Lipinski definition) is 3. The van der Waals surface area contributed by atoms with E-state index in [4.69, 9.17) is 16.7 Å². The van der Waals surface area contributed by atoms with E-state index < -0.39 is 17.8 Å². The van der Waals surface area contributed by atoms with Gasteiger partial charge in [0.15, 0.2) is 17.5 Å². The monoisotopic (exact) mass is 349 g/mol. The Morgan fingerprint density at radius 3 is 3.00 bits per heavy atom. The molecule has 0 radical (unpaired) electrons. The number of rotatable bonds is 5. The molecular weight excluding hydrogens is 337 g/mol. The molecular formula is C15H13ClFN5O2. The fourth-order valence-electron chi connectivity index (χ4n) is 2.31. The summed E-state index contributed by atoms with van der Waals surface area (Å²) in [4.78, 5) is 26.0. The minimum atomic E-state index is -0.984. The number of hydrogen-bond acceptors (Lipinski definition) is 5. The van der Waals surface area contributed by atoms with Crippen molar-refractivity contribution in [3.63, 3.8) is 0 Å². The highest BCUT2D eigenvalue weighted by molar-refractivity contribution is 6.31. The first kappa shape index (κ1) is 16.1. The molecule has 0 spiro atoms. The topological polar surface area (TPSA) is 104 Å². The predicted octanol–water partition coefficient (Wildman–Crippen LogP) is 3.09. The van der Waals surface area contributed by atoms with E-state index in [2.05, 4.69) is 25.3 Å². The van der Waals surface area contributed by atoms with Crippen molar-refractivity contribution in [2.75, 3.05) is 5.32 Å². The van der Waals surface area contributed by atoms with E-state index in [1.807, 2.05) is 0 Å². The quantitative estimate of drug-likeness (QED) is 0.654. The Bertz CT molecular complexity index is 914. The van der Waals surface area contributed by atoms with Crippen molar-refractivity contribution >= 4 is 34.4 Å². The molecule has 1 atom stereocenters. The lowest BCUT2D eigenvalue weighted by atomic mass is 10.2. The van der Waals surface area contributed by atoms with Gasteiger partial charge in [0.25, 0.3) is 0 Å². The van der Waals surface area contributed by atoms with Crippen LogP contribution in [0.2, 0.25) is 5.02 Å². The fraction of sp³-hybridized carbons (Fsp3) is 0.200. The van der Waals surface area contributed by atoms with Crippen LogP contribution in [0.25, 0.3) is 22.4 Å². The van der Waals surface area contributed by atoms with E-state index in [1.54, 1.807) is 19.2 Å². The van der Waals surface area contributed by atoms with Crippen LogP contribution < -0.4 is 5.32 Å². The number of pyridine rings is 1. The number of nitrogens with one attached hydrogen (secondary N) is 2. The van der Waals surface area contributed by atoms with Gasteiger partial charge in [-0.2, -0.15) is 0 Å². The van der Waals surface area contributed by atoms with Gasteiger partial charge < -0.3 is 15.4 Å². The molecule has 24 heavy (non-hydrogen) atoms. The van der Waals surface area contributed by atoms with Crippen molar-refractivity contribution in [3.8, 4) is 11.4 Å². The first-order chi connectivity index (χ1) is 11.4. The first-order valence-electron chi connectivity index (χ1n) is 7.08. The largest absolute Gasteiger partial charge is 0.481 e. The minimum Gasteiger partial charge on any atom is -0.481 e. The maximum Gasteiger partial charge on any atom is 0.305 e. The van der Waals surface area contributed by atoms with Gasteiger partial charge in [-0.25, -0.2) is 19.3 Å². The van der Waals surface area contributed by atoms with E-state index in [0.29, 0.717) is 21.6 Å². The number of aromatic nitrogens is 4. The summed E-state index contributed by atoms with van der Waals surface area (Å²) >= 11 is 5.96. The Morgan fingerprint density at radius 2 is 2.25 bits per heavy atom. The number of anilines is 1. The SMILES string of the molecule is C[C@@H](CC(=O)O)Nc1nc(-c2c[nH]c3ncc(Cl)cc23)ncc1F.